The molecule has 0 unspecified atom stereocenters. The van der Waals surface area contributed by atoms with E-state index in [1.807, 2.05) is 0 Å². The van der Waals surface area contributed by atoms with Crippen LogP contribution in [0.25, 0.3) is 11.0 Å². The standard InChI is InChI=1S/C15H8Cl2N2O4/c16-7-1-3-9-10(5-7)23-15(22)12(13(9)20)14(21)19-11-4-2-8(17)6-18-11/h1-6,20H,(H,18,19,21). The Morgan fingerprint density at radius 2 is 1.91 bits per heavy atom. The largest absolute Gasteiger partial charge is 0.506 e. The number of anilines is 1. The highest BCUT2D eigenvalue weighted by atomic mass is 35.5. The topological polar surface area (TPSA) is 92.4 Å². The SMILES string of the molecule is O=C(Nc1ccc(Cl)cn1)c1c(O)c2ccc(Cl)cc2oc1=O. The maximum Gasteiger partial charge on any atom is 0.353 e. The summed E-state index contributed by atoms with van der Waals surface area (Å²) >= 11 is 11.5. The van der Waals surface area contributed by atoms with Crippen LogP contribution in [0.1, 0.15) is 10.4 Å². The van der Waals surface area contributed by atoms with Gasteiger partial charge >= 0.3 is 5.63 Å². The van der Waals surface area contributed by atoms with Gasteiger partial charge in [0.25, 0.3) is 5.91 Å². The minimum absolute atomic E-state index is 0.0844. The van der Waals surface area contributed by atoms with Gasteiger partial charge < -0.3 is 14.8 Å². The summed E-state index contributed by atoms with van der Waals surface area (Å²) in [5.41, 5.74) is -1.42. The zero-order valence-electron chi connectivity index (χ0n) is 11.3. The predicted molar refractivity (Wildman–Crippen MR) is 86.4 cm³/mol. The van der Waals surface area contributed by atoms with Gasteiger partial charge in [-0.15, -0.1) is 0 Å². The Kier molecular flexibility index (Phi) is 3.94. The van der Waals surface area contributed by atoms with E-state index in [4.69, 9.17) is 27.6 Å². The molecule has 2 heterocycles. The molecule has 1 amide bonds. The van der Waals surface area contributed by atoms with Crippen molar-refractivity contribution in [1.29, 1.82) is 0 Å². The maximum absolute atomic E-state index is 12.2. The van der Waals surface area contributed by atoms with E-state index < -0.39 is 22.8 Å². The van der Waals surface area contributed by atoms with Crippen molar-refractivity contribution >= 4 is 45.9 Å². The Hall–Kier alpha value is -2.57. The molecular formula is C15H8Cl2N2O4. The molecule has 0 spiro atoms. The molecule has 2 N–H and O–H groups in total. The third-order valence-electron chi connectivity index (χ3n) is 3.04. The average Bonchev–Trinajstić information content (AvgIpc) is 2.49. The van der Waals surface area contributed by atoms with Crippen LogP contribution in [0.2, 0.25) is 10.0 Å². The second-order valence-electron chi connectivity index (χ2n) is 4.57. The summed E-state index contributed by atoms with van der Waals surface area (Å²) in [5.74, 6) is -1.16. The number of amides is 1. The minimum Gasteiger partial charge on any atom is -0.506 e. The average molecular weight is 351 g/mol. The molecule has 3 rings (SSSR count). The van der Waals surface area contributed by atoms with Crippen molar-refractivity contribution in [3.8, 4) is 5.75 Å². The Morgan fingerprint density at radius 1 is 1.17 bits per heavy atom. The normalized spacial score (nSPS) is 10.7. The number of benzene rings is 1. The summed E-state index contributed by atoms with van der Waals surface area (Å²) in [6.07, 6.45) is 1.34. The quantitative estimate of drug-likeness (QED) is 0.690. The van der Waals surface area contributed by atoms with Crippen LogP contribution in [-0.4, -0.2) is 16.0 Å². The van der Waals surface area contributed by atoms with Gasteiger partial charge in [0.05, 0.1) is 10.4 Å². The van der Waals surface area contributed by atoms with Crippen LogP contribution >= 0.6 is 23.2 Å². The van der Waals surface area contributed by atoms with E-state index in [9.17, 15) is 14.7 Å². The first-order valence-corrected chi connectivity index (χ1v) is 7.09. The molecule has 0 radical (unpaired) electrons. The molecular weight excluding hydrogens is 343 g/mol. The molecule has 0 aliphatic rings. The van der Waals surface area contributed by atoms with E-state index in [0.717, 1.165) is 0 Å². The first kappa shape index (κ1) is 15.3. The Bertz CT molecular complexity index is 968. The molecule has 0 bridgehead atoms. The second kappa shape index (κ2) is 5.91. The summed E-state index contributed by atoms with van der Waals surface area (Å²) in [6, 6.07) is 7.31. The molecule has 8 heteroatoms. The number of fused-ring (bicyclic) bond motifs is 1. The first-order valence-electron chi connectivity index (χ1n) is 6.34. The van der Waals surface area contributed by atoms with Gasteiger partial charge in [-0.2, -0.15) is 0 Å². The van der Waals surface area contributed by atoms with E-state index >= 15 is 0 Å². The van der Waals surface area contributed by atoms with Crippen molar-refractivity contribution in [2.75, 3.05) is 5.32 Å². The fraction of sp³-hybridized carbons (Fsp3) is 0. The number of carbonyl (C=O) groups is 1. The number of nitrogens with zero attached hydrogens (tertiary/aromatic N) is 1. The number of aromatic nitrogens is 1. The lowest BCUT2D eigenvalue weighted by Gasteiger charge is -2.07. The van der Waals surface area contributed by atoms with Gasteiger partial charge in [-0.3, -0.25) is 4.79 Å². The first-order chi connectivity index (χ1) is 11.0. The molecule has 2 aromatic heterocycles. The predicted octanol–water partition coefficient (Wildman–Crippen LogP) is 3.45. The third-order valence-corrected chi connectivity index (χ3v) is 3.50. The van der Waals surface area contributed by atoms with E-state index in [1.165, 1.54) is 36.5 Å². The molecule has 0 atom stereocenters. The fourth-order valence-electron chi connectivity index (χ4n) is 1.99. The lowest BCUT2D eigenvalue weighted by atomic mass is 10.1. The van der Waals surface area contributed by atoms with Gasteiger partial charge in [0.2, 0.25) is 0 Å². The summed E-state index contributed by atoms with van der Waals surface area (Å²) in [5, 5.41) is 13.5. The van der Waals surface area contributed by atoms with Crippen LogP contribution in [0.3, 0.4) is 0 Å². The Labute approximate surface area is 139 Å². The Morgan fingerprint density at radius 3 is 2.61 bits per heavy atom. The van der Waals surface area contributed by atoms with Gasteiger partial charge in [-0.25, -0.2) is 9.78 Å². The summed E-state index contributed by atoms with van der Waals surface area (Å²) in [4.78, 5) is 28.1. The molecule has 23 heavy (non-hydrogen) atoms. The van der Waals surface area contributed by atoms with E-state index in [-0.39, 0.29) is 16.8 Å². The highest BCUT2D eigenvalue weighted by Crippen LogP contribution is 2.28. The van der Waals surface area contributed by atoms with Crippen molar-refractivity contribution in [2.45, 2.75) is 0 Å². The van der Waals surface area contributed by atoms with Gasteiger partial charge in [-0.1, -0.05) is 23.2 Å². The number of aromatic hydroxyl groups is 1. The van der Waals surface area contributed by atoms with Crippen molar-refractivity contribution in [3.05, 3.63) is 62.6 Å². The molecule has 6 nitrogen and oxygen atoms in total. The van der Waals surface area contributed by atoms with Crippen LogP contribution < -0.4 is 10.9 Å². The zero-order chi connectivity index (χ0) is 16.6. The minimum atomic E-state index is -0.983. The van der Waals surface area contributed by atoms with Crippen molar-refractivity contribution < 1.29 is 14.3 Å². The van der Waals surface area contributed by atoms with Crippen molar-refractivity contribution in [2.24, 2.45) is 0 Å². The van der Waals surface area contributed by atoms with Gasteiger partial charge in [0.15, 0.2) is 5.56 Å². The lowest BCUT2D eigenvalue weighted by Crippen LogP contribution is -2.21. The monoisotopic (exact) mass is 350 g/mol. The fourth-order valence-corrected chi connectivity index (χ4v) is 2.26. The molecule has 0 saturated heterocycles. The molecule has 3 aromatic rings. The number of halogens is 2. The molecule has 1 aromatic carbocycles. The number of nitrogens with one attached hydrogen (secondary N) is 1. The van der Waals surface area contributed by atoms with Crippen molar-refractivity contribution in [1.82, 2.24) is 4.98 Å². The summed E-state index contributed by atoms with van der Waals surface area (Å²) in [6.45, 7) is 0. The molecule has 116 valence electrons. The molecule has 0 aliphatic carbocycles. The molecule has 0 fully saturated rings. The van der Waals surface area contributed by atoms with E-state index in [0.29, 0.717) is 10.0 Å². The highest BCUT2D eigenvalue weighted by Gasteiger charge is 2.21. The number of hydrogen-bond donors (Lipinski definition) is 2. The maximum atomic E-state index is 12.2. The molecule has 0 aliphatic heterocycles. The van der Waals surface area contributed by atoms with Crippen LogP contribution in [0.5, 0.6) is 5.75 Å². The lowest BCUT2D eigenvalue weighted by molar-refractivity contribution is 0.102. The smallest absolute Gasteiger partial charge is 0.353 e. The molecule has 0 saturated carbocycles. The van der Waals surface area contributed by atoms with Gasteiger partial charge in [0, 0.05) is 17.3 Å². The van der Waals surface area contributed by atoms with Gasteiger partial charge in [0.1, 0.15) is 17.2 Å². The van der Waals surface area contributed by atoms with E-state index in [2.05, 4.69) is 10.3 Å². The number of hydrogen-bond acceptors (Lipinski definition) is 5. The second-order valence-corrected chi connectivity index (χ2v) is 5.44. The van der Waals surface area contributed by atoms with E-state index in [1.54, 1.807) is 0 Å². The third kappa shape index (κ3) is 2.99. The Balaban J connectivity index is 2.05. The highest BCUT2D eigenvalue weighted by molar-refractivity contribution is 6.31. The van der Waals surface area contributed by atoms with Gasteiger partial charge in [-0.05, 0) is 24.3 Å². The van der Waals surface area contributed by atoms with Crippen LogP contribution in [0, 0.1) is 0 Å². The number of pyridine rings is 1. The number of rotatable bonds is 2. The summed E-state index contributed by atoms with van der Waals surface area (Å²) < 4.78 is 5.03. The zero-order valence-corrected chi connectivity index (χ0v) is 12.9. The van der Waals surface area contributed by atoms with Crippen LogP contribution in [0.15, 0.2) is 45.7 Å². The van der Waals surface area contributed by atoms with Crippen LogP contribution in [0.4, 0.5) is 5.82 Å². The summed E-state index contributed by atoms with van der Waals surface area (Å²) in [7, 11) is 0. The number of carbonyl (C=O) groups excluding carboxylic acids is 1. The van der Waals surface area contributed by atoms with Crippen molar-refractivity contribution in [3.63, 3.8) is 0 Å². The van der Waals surface area contributed by atoms with Crippen LogP contribution in [-0.2, 0) is 0 Å².